The number of phenols is 1. The van der Waals surface area contributed by atoms with Crippen molar-refractivity contribution in [2.75, 3.05) is 27.4 Å². The van der Waals surface area contributed by atoms with Crippen molar-refractivity contribution in [1.82, 2.24) is 0 Å². The normalized spacial score (nSPS) is 11.8. The van der Waals surface area contributed by atoms with E-state index in [4.69, 9.17) is 40.4 Å². The molecular weight excluding hydrogens is 946 g/mol. The number of hydrogen-bond donors (Lipinski definition) is 1. The molecule has 2 atom stereocenters. The van der Waals surface area contributed by atoms with E-state index < -0.39 is 0 Å². The Hall–Kier alpha value is -6.91. The smallest absolute Gasteiger partial charge is 0.306 e. The van der Waals surface area contributed by atoms with E-state index in [9.17, 15) is 18.4 Å². The summed E-state index contributed by atoms with van der Waals surface area (Å²) >= 11 is 5.93. The van der Waals surface area contributed by atoms with Crippen LogP contribution in [0.15, 0.2) is 147 Å². The van der Waals surface area contributed by atoms with E-state index >= 15 is 0 Å². The fraction of sp³-hybridized carbons (Fsp3) is 0.323. The van der Waals surface area contributed by atoms with E-state index in [1.165, 1.54) is 12.1 Å². The summed E-state index contributed by atoms with van der Waals surface area (Å²) in [6, 6.07) is 36.0. The molecule has 0 aliphatic heterocycles. The molecule has 6 aromatic carbocycles. The molecule has 6 aromatic rings. The molecule has 0 heterocycles. The Morgan fingerprint density at radius 1 is 0.575 bits per heavy atom. The Kier molecular flexibility index (Phi) is 22.3. The molecule has 1 N–H and O–H groups in total. The third-order valence-electron chi connectivity index (χ3n) is 11.9. The Morgan fingerprint density at radius 3 is 1.36 bits per heavy atom. The van der Waals surface area contributed by atoms with Crippen LogP contribution in [-0.4, -0.2) is 44.5 Å². The zero-order valence-electron chi connectivity index (χ0n) is 44.0. The maximum atomic E-state index is 14.9. The first-order valence-corrected chi connectivity index (χ1v) is 24.8. The maximum Gasteiger partial charge on any atom is 0.306 e. The molecule has 0 aliphatic rings. The summed E-state index contributed by atoms with van der Waals surface area (Å²) in [4.78, 5) is 23.2. The molecule has 0 amide bonds. The third kappa shape index (κ3) is 17.4. The van der Waals surface area contributed by atoms with E-state index in [1.807, 2.05) is 60.7 Å². The molecule has 0 bridgehead atoms. The number of benzene rings is 6. The second-order valence-electron chi connectivity index (χ2n) is 19.2. The van der Waals surface area contributed by atoms with Gasteiger partial charge in [-0.05, 0) is 142 Å². The van der Waals surface area contributed by atoms with Crippen molar-refractivity contribution in [1.29, 1.82) is 0 Å². The Morgan fingerprint density at radius 2 is 0.973 bits per heavy atom. The van der Waals surface area contributed by atoms with Crippen LogP contribution in [0.3, 0.4) is 0 Å². The average molecular weight is 1020 g/mol. The van der Waals surface area contributed by atoms with Gasteiger partial charge in [0, 0.05) is 28.8 Å². The molecule has 388 valence electrons. The molecule has 6 rings (SSSR count). The van der Waals surface area contributed by atoms with Gasteiger partial charge in [0.2, 0.25) is 0 Å². The van der Waals surface area contributed by atoms with Crippen LogP contribution in [0.25, 0.3) is 22.3 Å². The van der Waals surface area contributed by atoms with Crippen LogP contribution in [-0.2, 0) is 42.4 Å². The van der Waals surface area contributed by atoms with Crippen LogP contribution < -0.4 is 14.2 Å². The van der Waals surface area contributed by atoms with Crippen molar-refractivity contribution < 1.29 is 47.2 Å². The van der Waals surface area contributed by atoms with Gasteiger partial charge in [0.1, 0.15) is 41.2 Å². The fourth-order valence-electron chi connectivity index (χ4n) is 7.96. The van der Waals surface area contributed by atoms with Gasteiger partial charge in [0.15, 0.2) is 0 Å². The highest BCUT2D eigenvalue weighted by molar-refractivity contribution is 6.17. The topological polar surface area (TPSA) is 101 Å². The van der Waals surface area contributed by atoms with E-state index in [-0.39, 0.29) is 64.8 Å². The second-order valence-corrected chi connectivity index (χ2v) is 19.5. The minimum Gasteiger partial charge on any atom is -0.508 e. The average Bonchev–Trinajstić information content (AvgIpc) is 3.37. The molecule has 0 fully saturated rings. The van der Waals surface area contributed by atoms with Gasteiger partial charge in [0.25, 0.3) is 0 Å². The van der Waals surface area contributed by atoms with Crippen molar-refractivity contribution in [3.63, 3.8) is 0 Å². The van der Waals surface area contributed by atoms with E-state index in [0.717, 1.165) is 44.5 Å². The number of ether oxygens (including phenoxy) is 5. The fourth-order valence-corrected chi connectivity index (χ4v) is 8.12. The van der Waals surface area contributed by atoms with Crippen LogP contribution in [0.2, 0.25) is 0 Å². The molecule has 0 spiro atoms. The SMILES string of the molecule is C=C[C@H](CC(=O)OCC)c1ccc(O)cc1.C=C[C@H](CC(=O)OCC)c1ccc(OCc2ccc(C(C)(C)C)c(-c3cc(OC)ccc3F)c2)cc1.COc1ccc(F)c(-c2cc(CCl)ccc2C(C)(C)C)c1. The molecule has 0 aromatic heterocycles. The Bertz CT molecular complexity index is 2750. The van der Waals surface area contributed by atoms with Crippen molar-refractivity contribution in [3.8, 4) is 45.3 Å². The van der Waals surface area contributed by atoms with Gasteiger partial charge in [-0.2, -0.15) is 0 Å². The van der Waals surface area contributed by atoms with Crippen molar-refractivity contribution in [2.45, 2.75) is 103 Å². The number of halogens is 3. The number of esters is 2. The van der Waals surface area contributed by atoms with Gasteiger partial charge in [-0.25, -0.2) is 8.78 Å². The molecule has 0 radical (unpaired) electrons. The van der Waals surface area contributed by atoms with Gasteiger partial charge < -0.3 is 28.8 Å². The first-order valence-electron chi connectivity index (χ1n) is 24.3. The number of rotatable bonds is 18. The molecule has 73 heavy (non-hydrogen) atoms. The third-order valence-corrected chi connectivity index (χ3v) is 12.2. The van der Waals surface area contributed by atoms with E-state index in [2.05, 4.69) is 54.7 Å². The first-order chi connectivity index (χ1) is 34.7. The number of allylic oxidation sites excluding steroid dienone is 2. The monoisotopic (exact) mass is 1020 g/mol. The summed E-state index contributed by atoms with van der Waals surface area (Å²) in [5.41, 5.74) is 8.42. The van der Waals surface area contributed by atoms with Gasteiger partial charge >= 0.3 is 11.9 Å². The molecule has 0 saturated carbocycles. The lowest BCUT2D eigenvalue weighted by molar-refractivity contribution is -0.144. The molecule has 8 nitrogen and oxygen atoms in total. The highest BCUT2D eigenvalue weighted by Crippen LogP contribution is 2.39. The molecular formula is C62H71ClF2O8. The quantitative estimate of drug-likeness (QED) is 0.0516. The zero-order chi connectivity index (χ0) is 53.9. The van der Waals surface area contributed by atoms with Crippen LogP contribution in [0.1, 0.15) is 113 Å². The summed E-state index contributed by atoms with van der Waals surface area (Å²) in [6.07, 6.45) is 4.00. The number of phenolic OH excluding ortho intramolecular Hbond substituents is 1. The number of methoxy groups -OCH3 is 2. The van der Waals surface area contributed by atoms with Crippen molar-refractivity contribution >= 4 is 23.5 Å². The second kappa shape index (κ2) is 27.8. The van der Waals surface area contributed by atoms with E-state index in [1.54, 1.807) is 88.8 Å². The van der Waals surface area contributed by atoms with Crippen molar-refractivity contribution in [3.05, 3.63) is 192 Å². The minimum absolute atomic E-state index is 0.0698. The lowest BCUT2D eigenvalue weighted by atomic mass is 9.81. The summed E-state index contributed by atoms with van der Waals surface area (Å²) in [5, 5.41) is 9.16. The summed E-state index contributed by atoms with van der Waals surface area (Å²) < 4.78 is 55.7. The number of hydrogen-bond acceptors (Lipinski definition) is 8. The predicted molar refractivity (Wildman–Crippen MR) is 291 cm³/mol. The summed E-state index contributed by atoms with van der Waals surface area (Å²) in [7, 11) is 3.15. The standard InChI is InChI=1S/C31H35FO4.C18H20ClFO.C13H16O3/c1-7-22(18-30(33)35-8-2)23-10-12-24(13-11-23)36-20-21-9-15-28(31(3,4)5)26(17-21)27-19-25(34-6)14-16-29(27)32;1-18(2,3)16-7-5-12(11-19)9-14(16)15-10-13(21-4)6-8-17(15)20;1-3-10(9-13(15)16-4-2)11-5-7-12(14)8-6-11/h7,9-17,19,22H,1,8,18,20H2,2-6H3;5-10H,11H2,1-4H3;3,5-8,10,14H,1,4,9H2,2H3/t22-;;10-/m1.1/s1. The lowest BCUT2D eigenvalue weighted by Gasteiger charge is -2.24. The van der Waals surface area contributed by atoms with Gasteiger partial charge in [0.05, 0.1) is 40.3 Å². The number of carbonyl (C=O) groups excluding carboxylic acids is 2. The van der Waals surface area contributed by atoms with E-state index in [0.29, 0.717) is 54.1 Å². The maximum absolute atomic E-state index is 14.9. The van der Waals surface area contributed by atoms with Gasteiger partial charge in [-0.1, -0.05) is 102 Å². The number of carbonyl (C=O) groups is 2. The highest BCUT2D eigenvalue weighted by atomic mass is 35.5. The highest BCUT2D eigenvalue weighted by Gasteiger charge is 2.23. The van der Waals surface area contributed by atoms with Crippen molar-refractivity contribution in [2.24, 2.45) is 0 Å². The van der Waals surface area contributed by atoms with Crippen LogP contribution in [0.5, 0.6) is 23.0 Å². The Labute approximate surface area is 436 Å². The summed E-state index contributed by atoms with van der Waals surface area (Å²) in [6.45, 7) is 24.9. The number of aromatic hydroxyl groups is 1. The van der Waals surface area contributed by atoms with Gasteiger partial charge in [-0.3, -0.25) is 9.59 Å². The zero-order valence-corrected chi connectivity index (χ0v) is 44.7. The molecule has 0 unspecified atom stereocenters. The van der Waals surface area contributed by atoms with Crippen LogP contribution in [0.4, 0.5) is 8.78 Å². The predicted octanol–water partition coefficient (Wildman–Crippen LogP) is 15.8. The molecule has 11 heteroatoms. The Balaban J connectivity index is 0.000000263. The number of alkyl halides is 1. The molecule has 0 aliphatic carbocycles. The minimum atomic E-state index is -0.297. The van der Waals surface area contributed by atoms with Crippen LogP contribution in [0, 0.1) is 11.6 Å². The largest absolute Gasteiger partial charge is 0.508 e. The first kappa shape index (κ1) is 58.7. The summed E-state index contributed by atoms with van der Waals surface area (Å²) in [5.74, 6) is 1.34. The van der Waals surface area contributed by atoms with Gasteiger partial charge in [-0.15, -0.1) is 24.8 Å². The lowest BCUT2D eigenvalue weighted by Crippen LogP contribution is -2.13. The molecule has 0 saturated heterocycles. The van der Waals surface area contributed by atoms with Crippen LogP contribution >= 0.6 is 11.6 Å².